The van der Waals surface area contributed by atoms with Gasteiger partial charge >= 0.3 is 0 Å². The van der Waals surface area contributed by atoms with E-state index in [0.717, 1.165) is 11.4 Å². The molecule has 1 heterocycles. The van der Waals surface area contributed by atoms with Crippen LogP contribution in [0.3, 0.4) is 0 Å². The van der Waals surface area contributed by atoms with E-state index in [9.17, 15) is 0 Å². The maximum atomic E-state index is 3.17. The minimum absolute atomic E-state index is 1.13. The molecule has 0 atom stereocenters. The number of hydrogen-bond acceptors (Lipinski definition) is 1. The number of H-pyrrole nitrogens is 1. The topological polar surface area (TPSA) is 27.8 Å². The molecule has 0 amide bonds. The second-order valence-electron chi connectivity index (χ2n) is 2.91. The van der Waals surface area contributed by atoms with Crippen molar-refractivity contribution in [3.8, 4) is 11.3 Å². The van der Waals surface area contributed by atoms with Crippen LogP contribution < -0.4 is 5.32 Å². The molecule has 0 aliphatic carbocycles. The third-order valence-corrected chi connectivity index (χ3v) is 2.08. The number of anilines is 1. The summed E-state index contributed by atoms with van der Waals surface area (Å²) < 4.78 is 0. The predicted molar refractivity (Wildman–Crippen MR) is 55.8 cm³/mol. The van der Waals surface area contributed by atoms with Gasteiger partial charge in [-0.1, -0.05) is 12.1 Å². The van der Waals surface area contributed by atoms with Crippen LogP contribution in [0.2, 0.25) is 0 Å². The van der Waals surface area contributed by atoms with E-state index in [0.29, 0.717) is 0 Å². The SMILES string of the molecule is CNc1ccc(-c2ccc[nH]2)cc1. The molecule has 2 nitrogen and oxygen atoms in total. The number of aromatic nitrogens is 1. The van der Waals surface area contributed by atoms with E-state index in [2.05, 4.69) is 40.6 Å². The van der Waals surface area contributed by atoms with Gasteiger partial charge in [-0.2, -0.15) is 0 Å². The van der Waals surface area contributed by atoms with Gasteiger partial charge in [0.1, 0.15) is 0 Å². The van der Waals surface area contributed by atoms with Crippen LogP contribution in [0.15, 0.2) is 42.6 Å². The molecule has 0 unspecified atom stereocenters. The lowest BCUT2D eigenvalue weighted by Crippen LogP contribution is -1.86. The van der Waals surface area contributed by atoms with Gasteiger partial charge in [0.15, 0.2) is 0 Å². The fourth-order valence-electron chi connectivity index (χ4n) is 1.33. The van der Waals surface area contributed by atoms with Crippen LogP contribution in [-0.4, -0.2) is 12.0 Å². The van der Waals surface area contributed by atoms with Gasteiger partial charge in [-0.3, -0.25) is 0 Å². The van der Waals surface area contributed by atoms with Crippen molar-refractivity contribution >= 4 is 5.69 Å². The molecule has 66 valence electrons. The molecule has 0 bridgehead atoms. The lowest BCUT2D eigenvalue weighted by atomic mass is 10.1. The van der Waals surface area contributed by atoms with Crippen LogP contribution in [0.5, 0.6) is 0 Å². The molecule has 2 aromatic rings. The van der Waals surface area contributed by atoms with Crippen molar-refractivity contribution in [2.45, 2.75) is 0 Å². The van der Waals surface area contributed by atoms with Gasteiger partial charge in [0.25, 0.3) is 0 Å². The maximum Gasteiger partial charge on any atom is 0.0453 e. The average molecular weight is 172 g/mol. The lowest BCUT2D eigenvalue weighted by molar-refractivity contribution is 1.40. The highest BCUT2D eigenvalue weighted by atomic mass is 14.8. The number of rotatable bonds is 2. The van der Waals surface area contributed by atoms with Crippen LogP contribution in [0.25, 0.3) is 11.3 Å². The largest absolute Gasteiger partial charge is 0.388 e. The fourth-order valence-corrected chi connectivity index (χ4v) is 1.33. The van der Waals surface area contributed by atoms with E-state index in [4.69, 9.17) is 0 Å². The van der Waals surface area contributed by atoms with Crippen LogP contribution in [0.1, 0.15) is 0 Å². The van der Waals surface area contributed by atoms with Gasteiger partial charge < -0.3 is 10.3 Å². The van der Waals surface area contributed by atoms with Crippen molar-refractivity contribution in [2.75, 3.05) is 12.4 Å². The lowest BCUT2D eigenvalue weighted by Gasteiger charge is -2.01. The van der Waals surface area contributed by atoms with E-state index in [1.807, 2.05) is 19.3 Å². The molecular weight excluding hydrogens is 160 g/mol. The van der Waals surface area contributed by atoms with E-state index in [1.165, 1.54) is 5.56 Å². The number of aromatic amines is 1. The van der Waals surface area contributed by atoms with Crippen molar-refractivity contribution in [1.82, 2.24) is 4.98 Å². The number of nitrogens with one attached hydrogen (secondary N) is 2. The summed E-state index contributed by atoms with van der Waals surface area (Å²) in [6, 6.07) is 12.4. The third kappa shape index (κ3) is 1.56. The van der Waals surface area contributed by atoms with Gasteiger partial charge in [0.2, 0.25) is 0 Å². The van der Waals surface area contributed by atoms with E-state index < -0.39 is 0 Å². The summed E-state index contributed by atoms with van der Waals surface area (Å²) in [5.74, 6) is 0. The second-order valence-corrected chi connectivity index (χ2v) is 2.91. The summed E-state index contributed by atoms with van der Waals surface area (Å²) in [7, 11) is 1.92. The number of hydrogen-bond donors (Lipinski definition) is 2. The fraction of sp³-hybridized carbons (Fsp3) is 0.0909. The maximum absolute atomic E-state index is 3.17. The zero-order valence-corrected chi connectivity index (χ0v) is 7.54. The Morgan fingerprint density at radius 1 is 1.08 bits per heavy atom. The summed E-state index contributed by atoms with van der Waals surface area (Å²) in [6.07, 6.45) is 1.93. The Kier molecular flexibility index (Phi) is 2.04. The molecule has 2 heteroatoms. The Morgan fingerprint density at radius 3 is 2.38 bits per heavy atom. The molecule has 0 saturated heterocycles. The first-order valence-corrected chi connectivity index (χ1v) is 4.32. The summed E-state index contributed by atoms with van der Waals surface area (Å²) in [6.45, 7) is 0. The summed E-state index contributed by atoms with van der Waals surface area (Å²) in [5.41, 5.74) is 3.50. The molecule has 1 aromatic heterocycles. The molecule has 2 rings (SSSR count). The van der Waals surface area contributed by atoms with E-state index in [1.54, 1.807) is 0 Å². The highest BCUT2D eigenvalue weighted by Crippen LogP contribution is 2.18. The quantitative estimate of drug-likeness (QED) is 0.716. The standard InChI is InChI=1S/C11H12N2/c1-12-10-6-4-9(5-7-10)11-3-2-8-13-11/h2-8,12-13H,1H3. The van der Waals surface area contributed by atoms with Crippen molar-refractivity contribution in [3.05, 3.63) is 42.6 Å². The van der Waals surface area contributed by atoms with Crippen molar-refractivity contribution in [3.63, 3.8) is 0 Å². The smallest absolute Gasteiger partial charge is 0.0453 e. The average Bonchev–Trinajstić information content (AvgIpc) is 2.71. The Balaban J connectivity index is 2.33. The summed E-state index contributed by atoms with van der Waals surface area (Å²) in [5, 5.41) is 3.09. The normalized spacial score (nSPS) is 9.92. The highest BCUT2D eigenvalue weighted by Gasteiger charge is 1.96. The molecule has 0 aliphatic rings. The minimum Gasteiger partial charge on any atom is -0.388 e. The van der Waals surface area contributed by atoms with Crippen LogP contribution >= 0.6 is 0 Å². The number of benzene rings is 1. The Labute approximate surface area is 77.6 Å². The first kappa shape index (κ1) is 7.92. The molecule has 0 saturated carbocycles. The van der Waals surface area contributed by atoms with Gasteiger partial charge in [-0.05, 0) is 29.8 Å². The molecule has 0 aliphatic heterocycles. The van der Waals surface area contributed by atoms with Gasteiger partial charge in [-0.15, -0.1) is 0 Å². The Hall–Kier alpha value is -1.70. The van der Waals surface area contributed by atoms with Crippen molar-refractivity contribution in [1.29, 1.82) is 0 Å². The molecule has 0 radical (unpaired) electrons. The van der Waals surface area contributed by atoms with Crippen LogP contribution in [0.4, 0.5) is 5.69 Å². The van der Waals surface area contributed by atoms with Gasteiger partial charge in [0.05, 0.1) is 0 Å². The predicted octanol–water partition coefficient (Wildman–Crippen LogP) is 2.72. The first-order chi connectivity index (χ1) is 6.40. The van der Waals surface area contributed by atoms with Crippen LogP contribution in [0, 0.1) is 0 Å². The summed E-state index contributed by atoms with van der Waals surface area (Å²) >= 11 is 0. The Bertz CT molecular complexity index is 359. The first-order valence-electron chi connectivity index (χ1n) is 4.32. The zero-order chi connectivity index (χ0) is 9.10. The third-order valence-electron chi connectivity index (χ3n) is 2.08. The molecule has 0 fully saturated rings. The van der Waals surface area contributed by atoms with Crippen molar-refractivity contribution < 1.29 is 0 Å². The van der Waals surface area contributed by atoms with Gasteiger partial charge in [0, 0.05) is 24.6 Å². The van der Waals surface area contributed by atoms with Gasteiger partial charge in [-0.25, -0.2) is 0 Å². The summed E-state index contributed by atoms with van der Waals surface area (Å²) in [4.78, 5) is 3.17. The molecule has 13 heavy (non-hydrogen) atoms. The minimum atomic E-state index is 1.13. The van der Waals surface area contributed by atoms with E-state index >= 15 is 0 Å². The second kappa shape index (κ2) is 3.35. The monoisotopic (exact) mass is 172 g/mol. The Morgan fingerprint density at radius 2 is 1.85 bits per heavy atom. The molecular formula is C11H12N2. The molecule has 2 N–H and O–H groups in total. The van der Waals surface area contributed by atoms with Crippen LogP contribution in [-0.2, 0) is 0 Å². The van der Waals surface area contributed by atoms with Crippen molar-refractivity contribution in [2.24, 2.45) is 0 Å². The molecule has 0 spiro atoms. The zero-order valence-electron chi connectivity index (χ0n) is 7.54. The highest BCUT2D eigenvalue weighted by molar-refractivity contribution is 5.62. The molecule has 1 aromatic carbocycles. The van der Waals surface area contributed by atoms with E-state index in [-0.39, 0.29) is 0 Å².